The molecule has 18 nitrogen and oxygen atoms in total. The van der Waals surface area contributed by atoms with Crippen LogP contribution in [0.15, 0.2) is 79.1 Å². The van der Waals surface area contributed by atoms with Crippen LogP contribution in [0, 0.1) is 11.8 Å². The average Bonchev–Trinajstić information content (AvgIpc) is 4.23. The number of aromatic nitrogens is 5. The van der Waals surface area contributed by atoms with E-state index in [2.05, 4.69) is 48.7 Å². The lowest BCUT2D eigenvalue weighted by Crippen LogP contribution is -2.51. The Labute approximate surface area is 399 Å². The Balaban J connectivity index is 1.04. The number of carbonyl (C=O) groups excluding carboxylic acids is 5. The van der Waals surface area contributed by atoms with E-state index in [1.807, 2.05) is 70.2 Å². The summed E-state index contributed by atoms with van der Waals surface area (Å²) in [4.78, 5) is 84.9. The summed E-state index contributed by atoms with van der Waals surface area (Å²) in [5.41, 5.74) is 7.26. The number of imidazole rings is 2. The fraction of sp³-hybridized carbons (Fsp3) is 0.392. The maximum Gasteiger partial charge on any atom is 0.407 e. The van der Waals surface area contributed by atoms with E-state index in [1.54, 1.807) is 35.3 Å². The molecule has 6 aromatic rings. The highest BCUT2D eigenvalue weighted by molar-refractivity contribution is 5.95. The summed E-state index contributed by atoms with van der Waals surface area (Å²) < 4.78 is 18.7. The highest BCUT2D eigenvalue weighted by Crippen LogP contribution is 2.46. The number of alkyl carbamates (subject to hydrolysis) is 2. The van der Waals surface area contributed by atoms with Crippen molar-refractivity contribution in [1.29, 1.82) is 0 Å². The van der Waals surface area contributed by atoms with Crippen molar-refractivity contribution in [3.63, 3.8) is 0 Å². The summed E-state index contributed by atoms with van der Waals surface area (Å²) in [5, 5.41) is 9.10. The van der Waals surface area contributed by atoms with Crippen LogP contribution >= 0.6 is 0 Å². The second kappa shape index (κ2) is 19.2. The lowest BCUT2D eigenvalue weighted by Gasteiger charge is -2.31. The van der Waals surface area contributed by atoms with Gasteiger partial charge in [0.25, 0.3) is 5.91 Å². The first-order chi connectivity index (χ1) is 33.3. The zero-order valence-electron chi connectivity index (χ0n) is 39.8. The molecule has 69 heavy (non-hydrogen) atoms. The molecule has 0 saturated carbocycles. The van der Waals surface area contributed by atoms with E-state index in [-0.39, 0.29) is 41.6 Å². The molecule has 5 atom stereocenters. The number of hydrogen-bond acceptors (Lipinski definition) is 10. The van der Waals surface area contributed by atoms with Gasteiger partial charge in [0.1, 0.15) is 29.5 Å². The molecule has 5 amide bonds. The molecule has 0 spiro atoms. The SMILES string of the molecule is CNC(=O)c1cccc(C2Oc3cc(-c4cnc([C@@H]5CCCN5C(=O)[C@@H](NC(=O)OC)C(C)C)[nH]4)ccc3-c3cc4cc(-c5cnc([C@@H]6CCCN6C(=O)[C@@H](NC(=O)OC)C(C)C)[nH]5)ccc4n32)c1. The first-order valence-electron chi connectivity index (χ1n) is 23.5. The number of amides is 5. The molecular formula is C51H58N10O8. The number of benzene rings is 3. The number of fused-ring (bicyclic) bond motifs is 5. The number of ether oxygens (including phenoxy) is 3. The standard InChI is InChI=1S/C51H58N10O8/c1-27(2)42(57-50(65)67-6)47(63)59-19-9-13-38(59)44-53-25-35(55-44)29-16-18-37-33(21-29)23-40-34-17-15-30(24-41(34)69-49(61(37)40)32-12-8-11-31(22-32)46(62)52-5)36-26-54-45(56-36)39-14-10-20-60(39)48(64)43(28(3)4)58-51(66)68-7/h8,11-12,15-18,21-28,38-39,42-43,49H,9-10,13-14,19-20H2,1-7H3,(H,52,62)(H,53,55)(H,54,56)(H,57,65)(H,58,66)/t38-,39-,42-,43-,49?/m0/s1. The van der Waals surface area contributed by atoms with Gasteiger partial charge in [-0.15, -0.1) is 0 Å². The van der Waals surface area contributed by atoms with Crippen LogP contribution < -0.4 is 20.7 Å². The van der Waals surface area contributed by atoms with E-state index in [0.29, 0.717) is 36.1 Å². The normalized spacial score (nSPS) is 18.4. The van der Waals surface area contributed by atoms with Crippen LogP contribution in [0.5, 0.6) is 5.75 Å². The van der Waals surface area contributed by atoms with Crippen LogP contribution in [0.3, 0.4) is 0 Å². The first-order valence-corrected chi connectivity index (χ1v) is 23.5. The number of likely N-dealkylation sites (tertiary alicyclic amines) is 2. The van der Waals surface area contributed by atoms with Gasteiger partial charge >= 0.3 is 12.2 Å². The van der Waals surface area contributed by atoms with Gasteiger partial charge in [0.2, 0.25) is 18.0 Å². The molecule has 0 aliphatic carbocycles. The van der Waals surface area contributed by atoms with Gasteiger partial charge in [0, 0.05) is 53.3 Å². The van der Waals surface area contributed by atoms with E-state index < -0.39 is 30.5 Å². The third-order valence-corrected chi connectivity index (χ3v) is 13.5. The average molecular weight is 939 g/mol. The molecule has 3 aliphatic heterocycles. The summed E-state index contributed by atoms with van der Waals surface area (Å²) in [6, 6.07) is 19.7. The van der Waals surface area contributed by atoms with Crippen LogP contribution in [0.4, 0.5) is 9.59 Å². The quantitative estimate of drug-likeness (QED) is 0.0815. The molecule has 6 heterocycles. The largest absolute Gasteiger partial charge is 0.465 e. The van der Waals surface area contributed by atoms with Crippen molar-refractivity contribution in [3.8, 4) is 39.5 Å². The molecule has 2 saturated heterocycles. The number of H-pyrrole nitrogens is 2. The molecule has 3 aromatic heterocycles. The minimum Gasteiger partial charge on any atom is -0.465 e. The zero-order valence-corrected chi connectivity index (χ0v) is 39.8. The molecule has 0 radical (unpaired) electrons. The van der Waals surface area contributed by atoms with E-state index in [0.717, 1.165) is 75.9 Å². The molecule has 3 aliphatic rings. The third kappa shape index (κ3) is 8.86. The Kier molecular flexibility index (Phi) is 12.9. The van der Waals surface area contributed by atoms with Gasteiger partial charge < -0.3 is 54.5 Å². The van der Waals surface area contributed by atoms with Crippen molar-refractivity contribution >= 4 is 40.8 Å². The Morgan fingerprint density at radius 3 is 1.84 bits per heavy atom. The van der Waals surface area contributed by atoms with Gasteiger partial charge in [-0.05, 0) is 80.0 Å². The molecule has 360 valence electrons. The fourth-order valence-corrected chi connectivity index (χ4v) is 9.92. The molecule has 0 bridgehead atoms. The number of nitrogens with zero attached hydrogens (tertiary/aromatic N) is 5. The predicted octanol–water partition coefficient (Wildman–Crippen LogP) is 7.48. The van der Waals surface area contributed by atoms with Crippen molar-refractivity contribution in [2.75, 3.05) is 34.4 Å². The van der Waals surface area contributed by atoms with Crippen LogP contribution in [0.2, 0.25) is 0 Å². The van der Waals surface area contributed by atoms with Crippen LogP contribution in [-0.2, 0) is 19.1 Å². The smallest absolute Gasteiger partial charge is 0.407 e. The van der Waals surface area contributed by atoms with E-state index in [9.17, 15) is 24.0 Å². The van der Waals surface area contributed by atoms with Crippen molar-refractivity contribution in [3.05, 3.63) is 102 Å². The summed E-state index contributed by atoms with van der Waals surface area (Å²) in [5.74, 6) is 1.09. The maximum absolute atomic E-state index is 13.8. The summed E-state index contributed by atoms with van der Waals surface area (Å²) >= 11 is 0. The Morgan fingerprint density at radius 2 is 1.29 bits per heavy atom. The Morgan fingerprint density at radius 1 is 0.725 bits per heavy atom. The van der Waals surface area contributed by atoms with Crippen molar-refractivity contribution in [1.82, 2.24) is 50.3 Å². The summed E-state index contributed by atoms with van der Waals surface area (Å²) in [7, 11) is 4.16. The Bertz CT molecular complexity index is 2940. The second-order valence-electron chi connectivity index (χ2n) is 18.5. The van der Waals surface area contributed by atoms with Gasteiger partial charge in [0.15, 0.2) is 0 Å². The predicted molar refractivity (Wildman–Crippen MR) is 257 cm³/mol. The monoisotopic (exact) mass is 938 g/mol. The minimum absolute atomic E-state index is 0.148. The van der Waals surface area contributed by atoms with Crippen molar-refractivity contribution in [2.45, 2.75) is 83.8 Å². The number of hydrogen-bond donors (Lipinski definition) is 5. The van der Waals surface area contributed by atoms with Gasteiger partial charge in [-0.1, -0.05) is 52.0 Å². The van der Waals surface area contributed by atoms with Crippen LogP contribution in [0.1, 0.15) is 99.3 Å². The minimum atomic E-state index is -0.745. The van der Waals surface area contributed by atoms with E-state index in [1.165, 1.54) is 14.2 Å². The number of aromatic amines is 2. The lowest BCUT2D eigenvalue weighted by atomic mass is 10.0. The molecule has 1 unspecified atom stereocenters. The van der Waals surface area contributed by atoms with Gasteiger partial charge in [-0.2, -0.15) is 0 Å². The van der Waals surface area contributed by atoms with E-state index in [4.69, 9.17) is 24.2 Å². The molecular weight excluding hydrogens is 881 g/mol. The summed E-state index contributed by atoms with van der Waals surface area (Å²) in [6.07, 6.45) is 4.66. The van der Waals surface area contributed by atoms with Crippen molar-refractivity contribution in [2.24, 2.45) is 11.8 Å². The number of carbonyl (C=O) groups is 5. The maximum atomic E-state index is 13.8. The van der Waals surface area contributed by atoms with Crippen molar-refractivity contribution < 1.29 is 38.2 Å². The van der Waals surface area contributed by atoms with E-state index >= 15 is 0 Å². The van der Waals surface area contributed by atoms with Gasteiger partial charge in [-0.3, -0.25) is 14.4 Å². The first kappa shape index (κ1) is 46.5. The second-order valence-corrected chi connectivity index (χ2v) is 18.5. The molecule has 2 fully saturated rings. The lowest BCUT2D eigenvalue weighted by molar-refractivity contribution is -0.136. The zero-order chi connectivity index (χ0) is 48.7. The highest BCUT2D eigenvalue weighted by Gasteiger charge is 2.39. The number of rotatable bonds is 12. The molecule has 18 heteroatoms. The third-order valence-electron chi connectivity index (χ3n) is 13.5. The van der Waals surface area contributed by atoms with Crippen LogP contribution in [-0.4, -0.2) is 111 Å². The van der Waals surface area contributed by atoms with Gasteiger partial charge in [-0.25, -0.2) is 19.6 Å². The van der Waals surface area contributed by atoms with Gasteiger partial charge in [0.05, 0.1) is 61.3 Å². The molecule has 9 rings (SSSR count). The van der Waals surface area contributed by atoms with Crippen LogP contribution in [0.25, 0.3) is 44.7 Å². The molecule has 5 N–H and O–H groups in total. The number of nitrogens with one attached hydrogen (secondary N) is 5. The number of methoxy groups -OCH3 is 2. The Hall–Kier alpha value is -7.63. The molecule has 3 aromatic carbocycles. The summed E-state index contributed by atoms with van der Waals surface area (Å²) in [6.45, 7) is 8.65. The highest BCUT2D eigenvalue weighted by atomic mass is 16.5. The topological polar surface area (TPSA) is 218 Å². The fourth-order valence-electron chi connectivity index (χ4n) is 9.92.